The lowest BCUT2D eigenvalue weighted by Gasteiger charge is -2.07. The van der Waals surface area contributed by atoms with Crippen molar-refractivity contribution < 1.29 is 9.53 Å². The van der Waals surface area contributed by atoms with Crippen LogP contribution in [0, 0.1) is 0 Å². The summed E-state index contributed by atoms with van der Waals surface area (Å²) >= 11 is 0. The number of amides is 1. The van der Waals surface area contributed by atoms with Crippen molar-refractivity contribution in [3.63, 3.8) is 0 Å². The fraction of sp³-hybridized carbons (Fsp3) is 0.583. The molecule has 1 aromatic heterocycles. The van der Waals surface area contributed by atoms with Crippen molar-refractivity contribution in [2.45, 2.75) is 31.7 Å². The first kappa shape index (κ1) is 13.4. The second-order valence-corrected chi connectivity index (χ2v) is 4.53. The molecular weight excluding hydrogens is 246 g/mol. The molecule has 1 fully saturated rings. The predicted octanol–water partition coefficient (Wildman–Crippen LogP) is 0.538. The number of carbonyl (C=O) groups excluding carboxylic acids is 1. The zero-order valence-corrected chi connectivity index (χ0v) is 11.0. The summed E-state index contributed by atoms with van der Waals surface area (Å²) in [6.07, 6.45) is 3.49. The molecule has 0 unspecified atom stereocenters. The zero-order chi connectivity index (χ0) is 13.7. The number of hydrogen-bond donors (Lipinski definition) is 3. The van der Waals surface area contributed by atoms with Crippen molar-refractivity contribution >= 4 is 17.7 Å². The maximum absolute atomic E-state index is 11.5. The van der Waals surface area contributed by atoms with E-state index in [0.717, 1.165) is 19.3 Å². The number of hydrogen-bond acceptors (Lipinski definition) is 6. The Labute approximate surface area is 111 Å². The van der Waals surface area contributed by atoms with Crippen molar-refractivity contribution in [2.24, 2.45) is 0 Å². The van der Waals surface area contributed by atoms with Crippen LogP contribution < -0.4 is 21.1 Å². The summed E-state index contributed by atoms with van der Waals surface area (Å²) in [6, 6.07) is 2.09. The zero-order valence-electron chi connectivity index (χ0n) is 11.0. The minimum Gasteiger partial charge on any atom is -0.481 e. The number of rotatable bonds is 7. The van der Waals surface area contributed by atoms with Crippen LogP contribution in [0.15, 0.2) is 6.07 Å². The van der Waals surface area contributed by atoms with Crippen molar-refractivity contribution in [3.05, 3.63) is 6.07 Å². The lowest BCUT2D eigenvalue weighted by molar-refractivity contribution is -0.121. The molecule has 1 aliphatic carbocycles. The quantitative estimate of drug-likeness (QED) is 0.622. The van der Waals surface area contributed by atoms with E-state index in [1.165, 1.54) is 7.11 Å². The molecule has 2 rings (SSSR count). The molecule has 1 amide bonds. The number of carbonyl (C=O) groups is 1. The van der Waals surface area contributed by atoms with Crippen molar-refractivity contribution in [3.8, 4) is 5.88 Å². The summed E-state index contributed by atoms with van der Waals surface area (Å²) in [4.78, 5) is 19.4. The van der Waals surface area contributed by atoms with Gasteiger partial charge in [-0.2, -0.15) is 9.97 Å². The van der Waals surface area contributed by atoms with Crippen LogP contribution in [-0.2, 0) is 4.79 Å². The molecule has 0 atom stereocenters. The van der Waals surface area contributed by atoms with E-state index < -0.39 is 0 Å². The summed E-state index contributed by atoms with van der Waals surface area (Å²) < 4.78 is 5.00. The lowest BCUT2D eigenvalue weighted by Crippen LogP contribution is -2.25. The molecule has 0 bridgehead atoms. The predicted molar refractivity (Wildman–Crippen MR) is 71.9 cm³/mol. The largest absolute Gasteiger partial charge is 0.481 e. The molecule has 7 heteroatoms. The monoisotopic (exact) mass is 265 g/mol. The molecule has 19 heavy (non-hydrogen) atoms. The molecular formula is C12H19N5O2. The highest BCUT2D eigenvalue weighted by Crippen LogP contribution is 2.18. The van der Waals surface area contributed by atoms with Gasteiger partial charge in [-0.05, 0) is 19.3 Å². The van der Waals surface area contributed by atoms with E-state index in [4.69, 9.17) is 10.5 Å². The van der Waals surface area contributed by atoms with E-state index in [1.54, 1.807) is 6.07 Å². The average Bonchev–Trinajstić information content (AvgIpc) is 3.18. The van der Waals surface area contributed by atoms with Gasteiger partial charge in [0.1, 0.15) is 5.82 Å². The van der Waals surface area contributed by atoms with Crippen LogP contribution in [0.4, 0.5) is 11.8 Å². The first-order chi connectivity index (χ1) is 9.17. The fourth-order valence-corrected chi connectivity index (χ4v) is 1.63. The number of nitrogens with one attached hydrogen (secondary N) is 2. The Balaban J connectivity index is 1.69. The molecule has 0 aliphatic heterocycles. The maximum atomic E-state index is 11.5. The fourth-order valence-electron chi connectivity index (χ4n) is 1.63. The highest BCUT2D eigenvalue weighted by atomic mass is 16.5. The van der Waals surface area contributed by atoms with Gasteiger partial charge in [-0.3, -0.25) is 4.79 Å². The van der Waals surface area contributed by atoms with E-state index >= 15 is 0 Å². The molecule has 0 spiro atoms. The number of aromatic nitrogens is 2. The maximum Gasteiger partial charge on any atom is 0.225 e. The number of methoxy groups -OCH3 is 1. The molecule has 7 nitrogen and oxygen atoms in total. The molecule has 104 valence electrons. The molecule has 0 aromatic carbocycles. The van der Waals surface area contributed by atoms with Crippen LogP contribution in [0.3, 0.4) is 0 Å². The Bertz CT molecular complexity index is 448. The Hall–Kier alpha value is -2.05. The third kappa shape index (κ3) is 4.61. The van der Waals surface area contributed by atoms with Gasteiger partial charge < -0.3 is 21.1 Å². The third-order valence-corrected chi connectivity index (χ3v) is 2.76. The highest BCUT2D eigenvalue weighted by Gasteiger charge is 2.22. The molecule has 1 aliphatic rings. The Morgan fingerprint density at radius 2 is 2.32 bits per heavy atom. The van der Waals surface area contributed by atoms with Crippen LogP contribution in [0.1, 0.15) is 25.7 Å². The van der Waals surface area contributed by atoms with Gasteiger partial charge in [-0.1, -0.05) is 0 Å². The number of ether oxygens (including phenoxy) is 1. The van der Waals surface area contributed by atoms with Crippen LogP contribution in [0.25, 0.3) is 0 Å². The smallest absolute Gasteiger partial charge is 0.225 e. The summed E-state index contributed by atoms with van der Waals surface area (Å²) in [5, 5.41) is 6.04. The van der Waals surface area contributed by atoms with Gasteiger partial charge in [0.15, 0.2) is 0 Å². The number of nitrogens with two attached hydrogens (primary N) is 1. The summed E-state index contributed by atoms with van der Waals surface area (Å²) in [5.41, 5.74) is 5.54. The van der Waals surface area contributed by atoms with Crippen LogP contribution in [-0.4, -0.2) is 35.6 Å². The molecule has 0 saturated heterocycles. The van der Waals surface area contributed by atoms with E-state index in [2.05, 4.69) is 20.6 Å². The second kappa shape index (κ2) is 6.21. The summed E-state index contributed by atoms with van der Waals surface area (Å²) in [5.74, 6) is 1.30. The van der Waals surface area contributed by atoms with E-state index in [0.29, 0.717) is 30.7 Å². The number of anilines is 2. The van der Waals surface area contributed by atoms with Crippen molar-refractivity contribution in [1.29, 1.82) is 0 Å². The normalized spacial score (nSPS) is 13.9. The van der Waals surface area contributed by atoms with Gasteiger partial charge in [0, 0.05) is 25.1 Å². The van der Waals surface area contributed by atoms with Gasteiger partial charge in [0.2, 0.25) is 17.7 Å². The topological polar surface area (TPSA) is 102 Å². The van der Waals surface area contributed by atoms with Gasteiger partial charge in [0.05, 0.1) is 7.11 Å². The van der Waals surface area contributed by atoms with Crippen molar-refractivity contribution in [1.82, 2.24) is 15.3 Å². The SMILES string of the molecule is COc1cc(NCCCC(=O)NC2CC2)nc(N)n1. The van der Waals surface area contributed by atoms with Crippen LogP contribution in [0.2, 0.25) is 0 Å². The molecule has 4 N–H and O–H groups in total. The van der Waals surface area contributed by atoms with Crippen LogP contribution in [0.5, 0.6) is 5.88 Å². The minimum atomic E-state index is 0.115. The van der Waals surface area contributed by atoms with Gasteiger partial charge in [-0.15, -0.1) is 0 Å². The second-order valence-electron chi connectivity index (χ2n) is 4.53. The van der Waals surface area contributed by atoms with E-state index in [9.17, 15) is 4.79 Å². The van der Waals surface area contributed by atoms with Crippen LogP contribution >= 0.6 is 0 Å². The van der Waals surface area contributed by atoms with Crippen molar-refractivity contribution in [2.75, 3.05) is 24.7 Å². The Kier molecular flexibility index (Phi) is 4.38. The summed E-state index contributed by atoms with van der Waals surface area (Å²) in [7, 11) is 1.52. The van der Waals surface area contributed by atoms with E-state index in [1.807, 2.05) is 0 Å². The minimum absolute atomic E-state index is 0.115. The Morgan fingerprint density at radius 3 is 3.00 bits per heavy atom. The number of nitrogen functional groups attached to an aromatic ring is 1. The van der Waals surface area contributed by atoms with Gasteiger partial charge >= 0.3 is 0 Å². The lowest BCUT2D eigenvalue weighted by atomic mass is 10.3. The molecule has 1 aromatic rings. The molecule has 1 saturated carbocycles. The third-order valence-electron chi connectivity index (χ3n) is 2.76. The van der Waals surface area contributed by atoms with Gasteiger partial charge in [0.25, 0.3) is 0 Å². The first-order valence-corrected chi connectivity index (χ1v) is 6.39. The Morgan fingerprint density at radius 1 is 1.53 bits per heavy atom. The number of nitrogens with zero attached hydrogens (tertiary/aromatic N) is 2. The van der Waals surface area contributed by atoms with Gasteiger partial charge in [-0.25, -0.2) is 0 Å². The molecule has 1 heterocycles. The van der Waals surface area contributed by atoms with E-state index in [-0.39, 0.29) is 11.9 Å². The highest BCUT2D eigenvalue weighted by molar-refractivity contribution is 5.76. The molecule has 0 radical (unpaired) electrons. The average molecular weight is 265 g/mol. The first-order valence-electron chi connectivity index (χ1n) is 6.39. The summed E-state index contributed by atoms with van der Waals surface area (Å²) in [6.45, 7) is 0.650. The standard InChI is InChI=1S/C12H19N5O2/c1-19-11-7-9(16-12(13)17-11)14-6-2-3-10(18)15-8-4-5-8/h7-8H,2-6H2,1H3,(H,15,18)(H3,13,14,16,17).